The number of benzene rings is 3. The lowest BCUT2D eigenvalue weighted by Crippen LogP contribution is -2.15. The summed E-state index contributed by atoms with van der Waals surface area (Å²) < 4.78 is 10.6. The van der Waals surface area contributed by atoms with Gasteiger partial charge in [-0.1, -0.05) is 60.7 Å². The number of aromatic nitrogens is 3. The molecule has 184 valence electrons. The number of carbonyl (C=O) groups excluding carboxylic acids is 2. The van der Waals surface area contributed by atoms with Crippen LogP contribution in [0.25, 0.3) is 32.9 Å². The highest BCUT2D eigenvalue weighted by Gasteiger charge is 2.24. The van der Waals surface area contributed by atoms with Crippen LogP contribution >= 0.6 is 0 Å². The number of hydrogen-bond donors (Lipinski definition) is 1. The zero-order chi connectivity index (χ0) is 25.8. The van der Waals surface area contributed by atoms with Gasteiger partial charge in [-0.2, -0.15) is 0 Å². The fourth-order valence-electron chi connectivity index (χ4n) is 4.29. The topological polar surface area (TPSA) is 111 Å². The Hall–Kier alpha value is -4.85. The van der Waals surface area contributed by atoms with Gasteiger partial charge in [0.15, 0.2) is 0 Å². The van der Waals surface area contributed by atoms with Crippen LogP contribution in [0.2, 0.25) is 0 Å². The highest BCUT2D eigenvalue weighted by atomic mass is 16.5. The van der Waals surface area contributed by atoms with Crippen molar-refractivity contribution in [1.82, 2.24) is 15.0 Å². The molecule has 0 amide bonds. The smallest absolute Gasteiger partial charge is 0.340 e. The lowest BCUT2D eigenvalue weighted by Gasteiger charge is -2.16. The molecule has 1 N–H and O–H groups in total. The molecule has 8 nitrogen and oxygen atoms in total. The van der Waals surface area contributed by atoms with Gasteiger partial charge >= 0.3 is 11.9 Å². The van der Waals surface area contributed by atoms with Crippen LogP contribution < -0.4 is 5.56 Å². The number of esters is 2. The van der Waals surface area contributed by atoms with Gasteiger partial charge in [0.25, 0.3) is 5.56 Å². The van der Waals surface area contributed by atoms with Crippen LogP contribution in [0.1, 0.15) is 28.3 Å². The first-order valence-electron chi connectivity index (χ1n) is 11.7. The second-order valence-electron chi connectivity index (χ2n) is 8.37. The van der Waals surface area contributed by atoms with Crippen LogP contribution in [0.4, 0.5) is 0 Å². The van der Waals surface area contributed by atoms with E-state index in [1.807, 2.05) is 54.6 Å². The highest BCUT2D eigenvalue weighted by molar-refractivity contribution is 6.07. The zero-order valence-electron chi connectivity index (χ0n) is 20.1. The molecule has 0 spiro atoms. The SMILES string of the molecule is COC(=O)c1c(COC(=O)CCc2nc3ccccc3c(=O)[nH]2)nc2ccccc2c1-c1ccccc1. The average Bonchev–Trinajstić information content (AvgIpc) is 2.94. The Kier molecular flexibility index (Phi) is 6.72. The van der Waals surface area contributed by atoms with Crippen molar-refractivity contribution in [2.75, 3.05) is 7.11 Å². The van der Waals surface area contributed by atoms with Gasteiger partial charge in [-0.05, 0) is 23.8 Å². The Labute approximate surface area is 211 Å². The number of nitrogens with one attached hydrogen (secondary N) is 1. The van der Waals surface area contributed by atoms with E-state index in [1.54, 1.807) is 24.3 Å². The van der Waals surface area contributed by atoms with Gasteiger partial charge in [0.05, 0.1) is 41.2 Å². The molecule has 2 heterocycles. The molecule has 0 atom stereocenters. The van der Waals surface area contributed by atoms with Gasteiger partial charge in [-0.15, -0.1) is 0 Å². The molecule has 0 saturated carbocycles. The zero-order valence-corrected chi connectivity index (χ0v) is 20.1. The maximum Gasteiger partial charge on any atom is 0.340 e. The van der Waals surface area contributed by atoms with Crippen molar-refractivity contribution in [1.29, 1.82) is 0 Å². The van der Waals surface area contributed by atoms with Crippen molar-refractivity contribution in [3.8, 4) is 11.1 Å². The fourth-order valence-corrected chi connectivity index (χ4v) is 4.29. The van der Waals surface area contributed by atoms with Crippen LogP contribution in [0.5, 0.6) is 0 Å². The molecule has 0 saturated heterocycles. The second kappa shape index (κ2) is 10.4. The first kappa shape index (κ1) is 23.9. The van der Waals surface area contributed by atoms with Gasteiger partial charge in [0, 0.05) is 17.4 Å². The van der Waals surface area contributed by atoms with E-state index < -0.39 is 11.9 Å². The molecule has 0 fully saturated rings. The van der Waals surface area contributed by atoms with Gasteiger partial charge in [0.1, 0.15) is 12.4 Å². The summed E-state index contributed by atoms with van der Waals surface area (Å²) in [6, 6.07) is 23.9. The number of rotatable bonds is 7. The summed E-state index contributed by atoms with van der Waals surface area (Å²) in [6.07, 6.45) is 0.192. The third-order valence-electron chi connectivity index (χ3n) is 6.02. The Bertz CT molecular complexity index is 1680. The van der Waals surface area contributed by atoms with Gasteiger partial charge in [-0.3, -0.25) is 9.59 Å². The van der Waals surface area contributed by atoms with Crippen LogP contribution in [0.15, 0.2) is 83.7 Å². The van der Waals surface area contributed by atoms with Crippen molar-refractivity contribution >= 4 is 33.7 Å². The van der Waals surface area contributed by atoms with Crippen molar-refractivity contribution in [2.24, 2.45) is 0 Å². The van der Waals surface area contributed by atoms with Crippen LogP contribution in [-0.4, -0.2) is 34.0 Å². The number of aryl methyl sites for hydroxylation is 1. The predicted octanol–water partition coefficient (Wildman–Crippen LogP) is 4.60. The quantitative estimate of drug-likeness (QED) is 0.330. The largest absolute Gasteiger partial charge is 0.465 e. The second-order valence-corrected chi connectivity index (χ2v) is 8.37. The number of pyridine rings is 1. The number of ether oxygens (including phenoxy) is 2. The summed E-state index contributed by atoms with van der Waals surface area (Å²) in [7, 11) is 1.30. The summed E-state index contributed by atoms with van der Waals surface area (Å²) in [6.45, 7) is -0.213. The Morgan fingerprint density at radius 1 is 0.838 bits per heavy atom. The van der Waals surface area contributed by atoms with Gasteiger partial charge < -0.3 is 14.5 Å². The molecule has 8 heteroatoms. The van der Waals surface area contributed by atoms with E-state index in [0.717, 1.165) is 10.9 Å². The summed E-state index contributed by atoms with van der Waals surface area (Å²) >= 11 is 0. The minimum atomic E-state index is -0.568. The minimum absolute atomic E-state index is 0.00599. The molecule has 0 aliphatic heterocycles. The summed E-state index contributed by atoms with van der Waals surface area (Å²) in [5, 5.41) is 1.27. The fraction of sp³-hybridized carbons (Fsp3) is 0.138. The number of hydrogen-bond acceptors (Lipinski definition) is 7. The van der Waals surface area contributed by atoms with Crippen molar-refractivity contribution < 1.29 is 19.1 Å². The molecule has 0 unspecified atom stereocenters. The lowest BCUT2D eigenvalue weighted by atomic mass is 9.94. The van der Waals surface area contributed by atoms with Gasteiger partial charge in [-0.25, -0.2) is 14.8 Å². The average molecular weight is 494 g/mol. The van der Waals surface area contributed by atoms with Crippen LogP contribution in [0.3, 0.4) is 0 Å². The molecule has 0 bridgehead atoms. The maximum atomic E-state index is 12.9. The summed E-state index contributed by atoms with van der Waals surface area (Å²) in [5.41, 5.74) is 3.01. The van der Waals surface area contributed by atoms with Crippen molar-refractivity contribution in [3.63, 3.8) is 0 Å². The Morgan fingerprint density at radius 3 is 2.22 bits per heavy atom. The first-order chi connectivity index (χ1) is 18.0. The number of methoxy groups -OCH3 is 1. The van der Waals surface area contributed by atoms with E-state index in [0.29, 0.717) is 33.5 Å². The minimum Gasteiger partial charge on any atom is -0.465 e. The molecular formula is C29H23N3O5. The number of aromatic amines is 1. The summed E-state index contributed by atoms with van der Waals surface area (Å²) in [5.74, 6) is -0.685. The molecule has 5 rings (SSSR count). The Morgan fingerprint density at radius 2 is 1.49 bits per heavy atom. The highest BCUT2D eigenvalue weighted by Crippen LogP contribution is 2.34. The number of para-hydroxylation sites is 2. The molecule has 0 radical (unpaired) electrons. The third kappa shape index (κ3) is 4.95. The van der Waals surface area contributed by atoms with Crippen LogP contribution in [0, 0.1) is 0 Å². The lowest BCUT2D eigenvalue weighted by molar-refractivity contribution is -0.145. The van der Waals surface area contributed by atoms with E-state index in [9.17, 15) is 14.4 Å². The first-order valence-corrected chi connectivity index (χ1v) is 11.7. The Balaban J connectivity index is 1.41. The predicted molar refractivity (Wildman–Crippen MR) is 139 cm³/mol. The number of H-pyrrole nitrogens is 1. The summed E-state index contributed by atoms with van der Waals surface area (Å²) in [4.78, 5) is 49.6. The van der Waals surface area contributed by atoms with Gasteiger partial charge in [0.2, 0.25) is 0 Å². The van der Waals surface area contributed by atoms with E-state index >= 15 is 0 Å². The molecule has 5 aromatic rings. The van der Waals surface area contributed by atoms with E-state index in [2.05, 4.69) is 15.0 Å². The van der Waals surface area contributed by atoms with Crippen LogP contribution in [-0.2, 0) is 27.3 Å². The number of carbonyl (C=O) groups is 2. The molecule has 0 aliphatic rings. The van der Waals surface area contributed by atoms with E-state index in [-0.39, 0.29) is 30.6 Å². The third-order valence-corrected chi connectivity index (χ3v) is 6.02. The standard InChI is InChI=1S/C29H23N3O5/c1-36-29(35)27-23(30-21-13-7-5-11-19(21)26(27)18-9-3-2-4-10-18)17-37-25(33)16-15-24-31-22-14-8-6-12-20(22)28(34)32-24/h2-14H,15-17H2,1H3,(H,31,32,34). The number of fused-ring (bicyclic) bond motifs is 2. The maximum absolute atomic E-state index is 12.9. The number of nitrogens with zero attached hydrogens (tertiary/aromatic N) is 2. The normalized spacial score (nSPS) is 10.9. The van der Waals surface area contributed by atoms with Crippen molar-refractivity contribution in [2.45, 2.75) is 19.4 Å². The molecule has 37 heavy (non-hydrogen) atoms. The van der Waals surface area contributed by atoms with E-state index in [4.69, 9.17) is 9.47 Å². The molecule has 2 aromatic heterocycles. The monoisotopic (exact) mass is 493 g/mol. The van der Waals surface area contributed by atoms with Crippen molar-refractivity contribution in [3.05, 3.63) is 106 Å². The molecule has 3 aromatic carbocycles. The van der Waals surface area contributed by atoms with E-state index in [1.165, 1.54) is 7.11 Å². The molecular weight excluding hydrogens is 470 g/mol. The molecule has 0 aliphatic carbocycles.